The van der Waals surface area contributed by atoms with Crippen molar-refractivity contribution in [2.24, 2.45) is 0 Å². The van der Waals surface area contributed by atoms with E-state index in [4.69, 9.17) is 0 Å². The monoisotopic (exact) mass is 710 g/mol. The second kappa shape index (κ2) is 12.9. The number of carbonyl (C=O) groups is 1. The van der Waals surface area contributed by atoms with Gasteiger partial charge in [-0.3, -0.25) is 4.79 Å². The van der Waals surface area contributed by atoms with Crippen molar-refractivity contribution >= 4 is 70.4 Å². The molecule has 0 amide bonds. The van der Waals surface area contributed by atoms with Crippen LogP contribution in [0.25, 0.3) is 98.0 Å². The SMILES string of the molecule is O=C(c1ccccc1)c1ccc2c(c1)c1cccc3c4ccc(-c5cc(-c6ccccc6)cc(-c6ccccc6)c5)cc4c4ccccc4c4cccc2c4c31. The van der Waals surface area contributed by atoms with Gasteiger partial charge in [-0.2, -0.15) is 0 Å². The molecule has 0 saturated heterocycles. The summed E-state index contributed by atoms with van der Waals surface area (Å²) in [5.74, 6) is 0.0327. The van der Waals surface area contributed by atoms with Crippen molar-refractivity contribution < 1.29 is 4.79 Å². The number of fused-ring (bicyclic) bond motifs is 8. The summed E-state index contributed by atoms with van der Waals surface area (Å²) in [6.45, 7) is 0. The molecule has 0 N–H and O–H groups in total. The fraction of sp³-hybridized carbons (Fsp3) is 0. The van der Waals surface area contributed by atoms with Crippen LogP contribution in [0.3, 0.4) is 0 Å². The van der Waals surface area contributed by atoms with Crippen LogP contribution < -0.4 is 0 Å². The van der Waals surface area contributed by atoms with Gasteiger partial charge in [0.25, 0.3) is 0 Å². The van der Waals surface area contributed by atoms with E-state index in [1.165, 1.54) is 81.9 Å². The molecule has 0 atom stereocenters. The van der Waals surface area contributed by atoms with E-state index in [1.54, 1.807) is 0 Å². The van der Waals surface area contributed by atoms with E-state index in [9.17, 15) is 4.79 Å². The van der Waals surface area contributed by atoms with E-state index in [0.29, 0.717) is 11.1 Å². The molecule has 0 heterocycles. The predicted octanol–water partition coefficient (Wildman–Crippen LogP) is 14.8. The average molecular weight is 711 g/mol. The van der Waals surface area contributed by atoms with Crippen molar-refractivity contribution in [1.82, 2.24) is 0 Å². The Bertz CT molecular complexity index is 3290. The lowest BCUT2D eigenvalue weighted by Crippen LogP contribution is -2.01. The van der Waals surface area contributed by atoms with Gasteiger partial charge >= 0.3 is 0 Å². The summed E-state index contributed by atoms with van der Waals surface area (Å²) >= 11 is 0. The maximum Gasteiger partial charge on any atom is 0.193 e. The van der Waals surface area contributed by atoms with Gasteiger partial charge in [0.2, 0.25) is 0 Å². The van der Waals surface area contributed by atoms with Gasteiger partial charge in [0.05, 0.1) is 0 Å². The summed E-state index contributed by atoms with van der Waals surface area (Å²) in [4.78, 5) is 13.8. The first kappa shape index (κ1) is 32.1. The molecule has 260 valence electrons. The van der Waals surface area contributed by atoms with Gasteiger partial charge in [-0.1, -0.05) is 176 Å². The second-order valence-electron chi connectivity index (χ2n) is 14.7. The first-order valence-corrected chi connectivity index (χ1v) is 19.2. The Kier molecular flexibility index (Phi) is 7.40. The van der Waals surface area contributed by atoms with Crippen LogP contribution in [0.4, 0.5) is 0 Å². The molecule has 0 radical (unpaired) electrons. The molecule has 0 spiro atoms. The molecule has 0 unspecified atom stereocenters. The molecule has 0 fully saturated rings. The highest BCUT2D eigenvalue weighted by molar-refractivity contribution is 6.39. The third-order valence-corrected chi connectivity index (χ3v) is 11.6. The Hall–Kier alpha value is -7.35. The summed E-state index contributed by atoms with van der Waals surface area (Å²) in [5.41, 5.74) is 8.51. The van der Waals surface area contributed by atoms with Gasteiger partial charge in [0, 0.05) is 11.1 Å². The summed E-state index contributed by atoms with van der Waals surface area (Å²) in [6.07, 6.45) is 0. The highest BCUT2D eigenvalue weighted by atomic mass is 16.1. The lowest BCUT2D eigenvalue weighted by atomic mass is 9.86. The summed E-state index contributed by atoms with van der Waals surface area (Å²) in [6, 6.07) is 73.4. The standard InChI is InChI=1S/C55H34O/c56-55(37-18-8-3-9-19-37)39-27-29-46-49-23-12-22-47-43-20-10-11-21-44(43)51-33-38(26-28-45(51)48-24-13-25-50(52(46)34-39)54(48)53(47)49)42-31-40(35-14-4-1-5-15-35)30-41(32-42)36-16-6-2-7-17-36/h1-34H. The highest BCUT2D eigenvalue weighted by Gasteiger charge is 2.18. The van der Waals surface area contributed by atoms with Gasteiger partial charge in [-0.25, -0.2) is 0 Å². The van der Waals surface area contributed by atoms with Gasteiger partial charge in [0.15, 0.2) is 5.78 Å². The Labute approximate surface area is 324 Å². The van der Waals surface area contributed by atoms with Crippen LogP contribution in [0.2, 0.25) is 0 Å². The van der Waals surface area contributed by atoms with Crippen LogP contribution >= 0.6 is 0 Å². The van der Waals surface area contributed by atoms with Gasteiger partial charge in [-0.05, 0) is 128 Å². The molecule has 0 aliphatic carbocycles. The number of hydrogen-bond acceptors (Lipinski definition) is 1. The number of hydrogen-bond donors (Lipinski definition) is 0. The lowest BCUT2D eigenvalue weighted by Gasteiger charge is -2.17. The van der Waals surface area contributed by atoms with Crippen molar-refractivity contribution in [3.63, 3.8) is 0 Å². The number of rotatable bonds is 5. The minimum absolute atomic E-state index is 0.0327. The van der Waals surface area contributed by atoms with Crippen LogP contribution in [0.5, 0.6) is 0 Å². The molecule has 0 bridgehead atoms. The third kappa shape index (κ3) is 5.13. The number of carbonyl (C=O) groups excluding carboxylic acids is 1. The van der Waals surface area contributed by atoms with Crippen LogP contribution in [-0.4, -0.2) is 5.78 Å². The van der Waals surface area contributed by atoms with Gasteiger partial charge < -0.3 is 0 Å². The molecule has 0 aromatic heterocycles. The van der Waals surface area contributed by atoms with Crippen molar-refractivity contribution in [3.05, 3.63) is 217 Å². The Balaban J connectivity index is 1.24. The van der Waals surface area contributed by atoms with Gasteiger partial charge in [0.1, 0.15) is 0 Å². The normalized spacial score (nSPS) is 11.6. The Morgan fingerprint density at radius 3 is 1.18 bits per heavy atom. The molecule has 0 aliphatic rings. The molecular weight excluding hydrogens is 677 g/mol. The third-order valence-electron chi connectivity index (χ3n) is 11.6. The van der Waals surface area contributed by atoms with Crippen LogP contribution in [-0.2, 0) is 0 Å². The molecule has 11 aromatic carbocycles. The maximum atomic E-state index is 13.8. The number of benzene rings is 10. The summed E-state index contributed by atoms with van der Waals surface area (Å²) < 4.78 is 0. The fourth-order valence-corrected chi connectivity index (χ4v) is 8.96. The van der Waals surface area contributed by atoms with Crippen LogP contribution in [0, 0.1) is 0 Å². The van der Waals surface area contributed by atoms with E-state index in [1.807, 2.05) is 36.4 Å². The molecule has 0 aliphatic heterocycles. The topological polar surface area (TPSA) is 17.1 Å². The smallest absolute Gasteiger partial charge is 0.193 e. The Morgan fingerprint density at radius 1 is 0.232 bits per heavy atom. The van der Waals surface area contributed by atoms with Crippen LogP contribution in [0.15, 0.2) is 206 Å². The quantitative estimate of drug-likeness (QED) is 0.128. The summed E-state index contributed by atoms with van der Waals surface area (Å²) in [5, 5.41) is 14.3. The van der Waals surface area contributed by atoms with Crippen molar-refractivity contribution in [2.75, 3.05) is 0 Å². The lowest BCUT2D eigenvalue weighted by molar-refractivity contribution is 0.103. The fourth-order valence-electron chi connectivity index (χ4n) is 8.96. The zero-order valence-corrected chi connectivity index (χ0v) is 30.5. The molecular formula is C55H34O. The van der Waals surface area contributed by atoms with E-state index in [2.05, 4.69) is 170 Å². The Morgan fingerprint density at radius 2 is 0.625 bits per heavy atom. The van der Waals surface area contributed by atoms with E-state index in [-0.39, 0.29) is 5.78 Å². The van der Waals surface area contributed by atoms with Crippen molar-refractivity contribution in [2.45, 2.75) is 0 Å². The molecule has 11 aromatic rings. The van der Waals surface area contributed by atoms with Crippen molar-refractivity contribution in [3.8, 4) is 33.4 Å². The maximum absolute atomic E-state index is 13.8. The largest absolute Gasteiger partial charge is 0.289 e. The predicted molar refractivity (Wildman–Crippen MR) is 238 cm³/mol. The number of ketones is 1. The zero-order valence-electron chi connectivity index (χ0n) is 30.5. The average Bonchev–Trinajstić information content (AvgIpc) is 3.28. The first-order chi connectivity index (χ1) is 27.7. The highest BCUT2D eigenvalue weighted by Crippen LogP contribution is 2.45. The first-order valence-electron chi connectivity index (χ1n) is 19.2. The molecule has 11 rings (SSSR count). The molecule has 1 nitrogen and oxygen atoms in total. The zero-order chi connectivity index (χ0) is 37.2. The molecule has 0 saturated carbocycles. The van der Waals surface area contributed by atoms with E-state index >= 15 is 0 Å². The second-order valence-corrected chi connectivity index (χ2v) is 14.7. The molecule has 1 heteroatoms. The molecule has 56 heavy (non-hydrogen) atoms. The minimum atomic E-state index is 0.0327. The minimum Gasteiger partial charge on any atom is -0.289 e. The van der Waals surface area contributed by atoms with Crippen LogP contribution in [0.1, 0.15) is 15.9 Å². The summed E-state index contributed by atoms with van der Waals surface area (Å²) in [7, 11) is 0. The van der Waals surface area contributed by atoms with E-state index in [0.717, 1.165) is 16.2 Å². The van der Waals surface area contributed by atoms with Gasteiger partial charge in [-0.15, -0.1) is 0 Å². The van der Waals surface area contributed by atoms with E-state index < -0.39 is 0 Å². The van der Waals surface area contributed by atoms with Crippen molar-refractivity contribution in [1.29, 1.82) is 0 Å².